The molecule has 1 aromatic carbocycles. The molecule has 0 bridgehead atoms. The number of rotatable bonds is 2. The fraction of sp³-hybridized carbons (Fsp3) is 0.500. The quantitative estimate of drug-likeness (QED) is 0.835. The standard InChI is InChI=1S/C20H24FN3O2S/c1-12-17-18(13-4-6-14(21)7-5-13)27-11-16(25)22-19(17)24(23-12)15-8-9-26-20(2,3)10-15/h4-7,15,18H,8-11H2,1-3H3,(H,22,25)/t15-,18-/m1/s1. The smallest absolute Gasteiger partial charge is 0.235 e. The van der Waals surface area contributed by atoms with Crippen LogP contribution in [0.25, 0.3) is 0 Å². The molecule has 3 heterocycles. The van der Waals surface area contributed by atoms with Crippen molar-refractivity contribution in [3.8, 4) is 0 Å². The van der Waals surface area contributed by atoms with E-state index in [0.29, 0.717) is 12.4 Å². The van der Waals surface area contributed by atoms with Crippen molar-refractivity contribution < 1.29 is 13.9 Å². The minimum absolute atomic E-state index is 0.0293. The molecule has 0 radical (unpaired) electrons. The van der Waals surface area contributed by atoms with Crippen LogP contribution in [0.15, 0.2) is 24.3 Å². The average molecular weight is 389 g/mol. The minimum Gasteiger partial charge on any atom is -0.375 e. The predicted octanol–water partition coefficient (Wildman–Crippen LogP) is 4.24. The minimum atomic E-state index is -0.261. The second kappa shape index (κ2) is 6.95. The number of ether oxygens (including phenoxy) is 1. The van der Waals surface area contributed by atoms with Gasteiger partial charge in [0.25, 0.3) is 0 Å². The number of nitrogens with one attached hydrogen (secondary N) is 1. The molecule has 144 valence electrons. The lowest BCUT2D eigenvalue weighted by Gasteiger charge is -2.36. The van der Waals surface area contributed by atoms with Crippen molar-refractivity contribution in [1.29, 1.82) is 0 Å². The Morgan fingerprint density at radius 1 is 1.33 bits per heavy atom. The first-order valence-electron chi connectivity index (χ1n) is 9.24. The molecule has 2 aliphatic heterocycles. The number of carbonyl (C=O) groups excluding carboxylic acids is 1. The fourth-order valence-electron chi connectivity index (χ4n) is 3.98. The number of anilines is 1. The van der Waals surface area contributed by atoms with Gasteiger partial charge in [-0.25, -0.2) is 9.07 Å². The number of amides is 1. The molecule has 4 rings (SSSR count). The van der Waals surface area contributed by atoms with Crippen LogP contribution >= 0.6 is 11.8 Å². The summed E-state index contributed by atoms with van der Waals surface area (Å²) in [5.74, 6) is 0.844. The first kappa shape index (κ1) is 18.5. The van der Waals surface area contributed by atoms with Gasteiger partial charge in [-0.15, -0.1) is 11.8 Å². The number of benzene rings is 1. The molecule has 1 aromatic heterocycles. The van der Waals surface area contributed by atoms with Gasteiger partial charge in [-0.3, -0.25) is 4.79 Å². The molecule has 1 amide bonds. The summed E-state index contributed by atoms with van der Waals surface area (Å²) in [6.07, 6.45) is 1.70. The molecule has 27 heavy (non-hydrogen) atoms. The first-order valence-corrected chi connectivity index (χ1v) is 10.3. The molecule has 2 aliphatic rings. The van der Waals surface area contributed by atoms with E-state index in [2.05, 4.69) is 19.2 Å². The molecule has 1 N–H and O–H groups in total. The summed E-state index contributed by atoms with van der Waals surface area (Å²) in [7, 11) is 0. The van der Waals surface area contributed by atoms with E-state index in [1.807, 2.05) is 11.6 Å². The molecule has 0 unspecified atom stereocenters. The molecule has 1 saturated heterocycles. The second-order valence-corrected chi connectivity index (χ2v) is 8.93. The second-order valence-electron chi connectivity index (χ2n) is 7.84. The van der Waals surface area contributed by atoms with E-state index in [1.165, 1.54) is 12.1 Å². The van der Waals surface area contributed by atoms with Crippen LogP contribution in [0.1, 0.15) is 54.8 Å². The normalized spacial score (nSPS) is 24.8. The molecule has 7 heteroatoms. The number of nitrogens with zero attached hydrogens (tertiary/aromatic N) is 2. The highest BCUT2D eigenvalue weighted by molar-refractivity contribution is 8.00. The van der Waals surface area contributed by atoms with Crippen LogP contribution in [0, 0.1) is 12.7 Å². The molecule has 0 spiro atoms. The van der Waals surface area contributed by atoms with Gasteiger partial charge in [0.1, 0.15) is 11.6 Å². The van der Waals surface area contributed by atoms with Crippen molar-refractivity contribution in [2.45, 2.75) is 50.5 Å². The lowest BCUT2D eigenvalue weighted by atomic mass is 9.94. The number of hydrogen-bond donors (Lipinski definition) is 1. The number of fused-ring (bicyclic) bond motifs is 1. The third kappa shape index (κ3) is 3.62. The Balaban J connectivity index is 1.78. The van der Waals surface area contributed by atoms with Crippen LogP contribution in [0.3, 0.4) is 0 Å². The zero-order valence-corrected chi connectivity index (χ0v) is 16.6. The van der Waals surface area contributed by atoms with Gasteiger partial charge in [0.05, 0.1) is 28.3 Å². The third-order valence-electron chi connectivity index (χ3n) is 5.22. The van der Waals surface area contributed by atoms with Gasteiger partial charge in [-0.2, -0.15) is 5.10 Å². The monoisotopic (exact) mass is 389 g/mol. The molecule has 0 saturated carbocycles. The van der Waals surface area contributed by atoms with E-state index in [4.69, 9.17) is 9.84 Å². The lowest BCUT2D eigenvalue weighted by Crippen LogP contribution is -2.36. The van der Waals surface area contributed by atoms with Gasteiger partial charge >= 0.3 is 0 Å². The zero-order valence-electron chi connectivity index (χ0n) is 15.8. The number of halogens is 1. The number of aryl methyl sites for hydroxylation is 1. The van der Waals surface area contributed by atoms with Crippen LogP contribution in [-0.2, 0) is 9.53 Å². The average Bonchev–Trinajstić information content (AvgIpc) is 2.81. The molecule has 1 fully saturated rings. The maximum absolute atomic E-state index is 13.4. The largest absolute Gasteiger partial charge is 0.375 e. The maximum Gasteiger partial charge on any atom is 0.235 e. The predicted molar refractivity (Wildman–Crippen MR) is 105 cm³/mol. The van der Waals surface area contributed by atoms with E-state index in [1.54, 1.807) is 23.9 Å². The van der Waals surface area contributed by atoms with Crippen molar-refractivity contribution in [2.75, 3.05) is 17.7 Å². The summed E-state index contributed by atoms with van der Waals surface area (Å²) in [4.78, 5) is 12.4. The molecular weight excluding hydrogens is 365 g/mol. The van der Waals surface area contributed by atoms with Gasteiger partial charge in [-0.05, 0) is 51.3 Å². The van der Waals surface area contributed by atoms with Crippen molar-refractivity contribution in [1.82, 2.24) is 9.78 Å². The van der Waals surface area contributed by atoms with Gasteiger partial charge in [0.15, 0.2) is 0 Å². The summed E-state index contributed by atoms with van der Waals surface area (Å²) < 4.78 is 21.2. The van der Waals surface area contributed by atoms with Gasteiger partial charge < -0.3 is 10.1 Å². The van der Waals surface area contributed by atoms with E-state index < -0.39 is 0 Å². The van der Waals surface area contributed by atoms with E-state index in [9.17, 15) is 9.18 Å². The molecule has 0 aliphatic carbocycles. The highest BCUT2D eigenvalue weighted by Crippen LogP contribution is 2.45. The van der Waals surface area contributed by atoms with Gasteiger partial charge in [0.2, 0.25) is 5.91 Å². The lowest BCUT2D eigenvalue weighted by molar-refractivity contribution is -0.113. The van der Waals surface area contributed by atoms with Gasteiger partial charge in [0, 0.05) is 12.2 Å². The van der Waals surface area contributed by atoms with E-state index >= 15 is 0 Å². The number of carbonyl (C=O) groups is 1. The van der Waals surface area contributed by atoms with Crippen LogP contribution in [-0.4, -0.2) is 33.6 Å². The topological polar surface area (TPSA) is 56.2 Å². The zero-order chi connectivity index (χ0) is 19.2. The van der Waals surface area contributed by atoms with Crippen molar-refractivity contribution in [3.63, 3.8) is 0 Å². The number of aromatic nitrogens is 2. The van der Waals surface area contributed by atoms with E-state index in [-0.39, 0.29) is 28.6 Å². The van der Waals surface area contributed by atoms with Crippen molar-refractivity contribution in [3.05, 3.63) is 46.9 Å². The summed E-state index contributed by atoms with van der Waals surface area (Å²) in [6.45, 7) is 6.83. The third-order valence-corrected chi connectivity index (χ3v) is 6.49. The summed E-state index contributed by atoms with van der Waals surface area (Å²) in [5.41, 5.74) is 2.68. The van der Waals surface area contributed by atoms with Crippen LogP contribution in [0.2, 0.25) is 0 Å². The summed E-state index contributed by atoms with van der Waals surface area (Å²) in [6, 6.07) is 6.70. The Bertz CT molecular complexity index is 863. The Kier molecular flexibility index (Phi) is 4.76. The maximum atomic E-state index is 13.4. The van der Waals surface area contributed by atoms with Crippen LogP contribution in [0.4, 0.5) is 10.2 Å². The van der Waals surface area contributed by atoms with Gasteiger partial charge in [-0.1, -0.05) is 12.1 Å². The molecule has 2 atom stereocenters. The fourth-order valence-corrected chi connectivity index (χ4v) is 5.17. The van der Waals surface area contributed by atoms with Crippen LogP contribution < -0.4 is 5.32 Å². The Morgan fingerprint density at radius 2 is 2.07 bits per heavy atom. The Hall–Kier alpha value is -1.86. The molecule has 5 nitrogen and oxygen atoms in total. The highest BCUT2D eigenvalue weighted by atomic mass is 32.2. The highest BCUT2D eigenvalue weighted by Gasteiger charge is 2.36. The SMILES string of the molecule is Cc1nn([C@@H]2CCOC(C)(C)C2)c2c1[C@@H](c1ccc(F)cc1)SCC(=O)N2. The number of thioether (sulfide) groups is 1. The molecular formula is C20H24FN3O2S. The van der Waals surface area contributed by atoms with Crippen molar-refractivity contribution >= 4 is 23.5 Å². The Labute approximate surface area is 162 Å². The van der Waals surface area contributed by atoms with Crippen molar-refractivity contribution in [2.24, 2.45) is 0 Å². The van der Waals surface area contributed by atoms with Crippen LogP contribution in [0.5, 0.6) is 0 Å². The first-order chi connectivity index (χ1) is 12.8. The summed E-state index contributed by atoms with van der Waals surface area (Å²) >= 11 is 1.56. The molecule has 2 aromatic rings. The van der Waals surface area contributed by atoms with E-state index in [0.717, 1.165) is 35.5 Å². The Morgan fingerprint density at radius 3 is 2.78 bits per heavy atom. The summed E-state index contributed by atoms with van der Waals surface area (Å²) in [5, 5.41) is 7.83. The number of hydrogen-bond acceptors (Lipinski definition) is 4.